The highest BCUT2D eigenvalue weighted by Crippen LogP contribution is 2.56. The molecule has 2 aliphatic heterocycles. The average molecular weight is 569 g/mol. The molecule has 0 unspecified atom stereocenters. The second-order valence-corrected chi connectivity index (χ2v) is 11.8. The maximum absolute atomic E-state index is 13.4. The summed E-state index contributed by atoms with van der Waals surface area (Å²) in [6.45, 7) is 3.70. The van der Waals surface area contributed by atoms with Crippen LogP contribution in [0.5, 0.6) is 28.7 Å². The third-order valence-corrected chi connectivity index (χ3v) is 8.92. The first kappa shape index (κ1) is 29.3. The number of phenolic OH excluding ortho intramolecular Hbond substituents is 1. The van der Waals surface area contributed by atoms with Crippen LogP contribution in [-0.2, 0) is 9.53 Å². The second kappa shape index (κ2) is 12.8. The molecule has 0 saturated carbocycles. The molecule has 0 radical (unpaired) electrons. The zero-order chi connectivity index (χ0) is 29.1. The topological polar surface area (TPSA) is 89.9 Å². The summed E-state index contributed by atoms with van der Waals surface area (Å²) >= 11 is 0. The van der Waals surface area contributed by atoms with Gasteiger partial charge in [0.15, 0.2) is 23.0 Å². The zero-order valence-corrected chi connectivity index (χ0v) is 25.0. The molecule has 3 aliphatic rings. The Kier molecular flexibility index (Phi) is 9.14. The monoisotopic (exact) mass is 568 g/mol. The number of hydrogen-bond acceptors (Lipinski definition) is 9. The van der Waals surface area contributed by atoms with Crippen molar-refractivity contribution >= 4 is 5.97 Å². The molecule has 2 aromatic carbocycles. The highest BCUT2D eigenvalue weighted by molar-refractivity contribution is 5.79. The van der Waals surface area contributed by atoms with Crippen molar-refractivity contribution in [2.45, 2.75) is 43.9 Å². The highest BCUT2D eigenvalue weighted by Gasteiger charge is 2.52. The lowest BCUT2D eigenvalue weighted by Crippen LogP contribution is -2.36. The van der Waals surface area contributed by atoms with Crippen molar-refractivity contribution in [2.75, 3.05) is 68.4 Å². The molecule has 0 bridgehead atoms. The van der Waals surface area contributed by atoms with Crippen LogP contribution in [0, 0.1) is 11.8 Å². The number of rotatable bonds is 13. The van der Waals surface area contributed by atoms with Crippen LogP contribution in [0.4, 0.5) is 0 Å². The number of carbonyl (C=O) groups excluding carboxylic acids is 1. The van der Waals surface area contributed by atoms with Crippen LogP contribution in [0.3, 0.4) is 0 Å². The predicted octanol–water partition coefficient (Wildman–Crippen LogP) is 4.60. The van der Waals surface area contributed by atoms with Gasteiger partial charge in [0, 0.05) is 11.8 Å². The molecule has 0 aromatic heterocycles. The molecular formula is C32H44N2O7. The molecule has 0 spiro atoms. The first-order valence-electron chi connectivity index (χ1n) is 14.7. The highest BCUT2D eigenvalue weighted by atomic mass is 16.7. The molecule has 2 heterocycles. The molecule has 41 heavy (non-hydrogen) atoms. The van der Waals surface area contributed by atoms with E-state index in [1.807, 2.05) is 6.07 Å². The van der Waals surface area contributed by atoms with Gasteiger partial charge in [-0.15, -0.1) is 0 Å². The zero-order valence-electron chi connectivity index (χ0n) is 25.0. The molecule has 1 N–H and O–H groups in total. The normalized spacial score (nSPS) is 22.6. The number of cyclic esters (lactones) is 1. The fraction of sp³-hybridized carbons (Fsp3) is 0.594. The number of ether oxygens (including phenoxy) is 5. The minimum absolute atomic E-state index is 0.0191. The van der Waals surface area contributed by atoms with Crippen molar-refractivity contribution in [2.24, 2.45) is 11.8 Å². The molecule has 9 heteroatoms. The van der Waals surface area contributed by atoms with E-state index in [0.717, 1.165) is 42.9 Å². The van der Waals surface area contributed by atoms with E-state index in [-0.39, 0.29) is 42.2 Å². The molecule has 224 valence electrons. The van der Waals surface area contributed by atoms with Crippen LogP contribution in [0.1, 0.15) is 60.6 Å². The maximum Gasteiger partial charge on any atom is 0.310 e. The van der Waals surface area contributed by atoms with Crippen LogP contribution < -0.4 is 18.9 Å². The Balaban J connectivity index is 1.42. The molecule has 5 rings (SSSR count). The summed E-state index contributed by atoms with van der Waals surface area (Å²) in [5.74, 6) is 1.25. The van der Waals surface area contributed by atoms with E-state index in [1.54, 1.807) is 12.1 Å². The van der Waals surface area contributed by atoms with E-state index in [2.05, 4.69) is 37.0 Å². The fourth-order valence-electron chi connectivity index (χ4n) is 6.78. The van der Waals surface area contributed by atoms with E-state index in [9.17, 15) is 9.90 Å². The quantitative estimate of drug-likeness (QED) is 0.275. The number of aromatic hydroxyl groups is 1. The van der Waals surface area contributed by atoms with Crippen molar-refractivity contribution in [3.8, 4) is 28.7 Å². The van der Waals surface area contributed by atoms with Crippen molar-refractivity contribution in [1.82, 2.24) is 9.80 Å². The summed E-state index contributed by atoms with van der Waals surface area (Å²) in [5.41, 5.74) is 3.02. The lowest BCUT2D eigenvalue weighted by atomic mass is 9.62. The first-order chi connectivity index (χ1) is 19.8. The van der Waals surface area contributed by atoms with Crippen LogP contribution in [0.15, 0.2) is 24.3 Å². The van der Waals surface area contributed by atoms with Gasteiger partial charge in [-0.05, 0) is 107 Å². The van der Waals surface area contributed by atoms with E-state index in [0.29, 0.717) is 23.9 Å². The number of methoxy groups -OCH3 is 2. The van der Waals surface area contributed by atoms with Crippen molar-refractivity contribution in [3.05, 3.63) is 41.0 Å². The van der Waals surface area contributed by atoms with E-state index in [4.69, 9.17) is 23.7 Å². The van der Waals surface area contributed by atoms with Gasteiger partial charge in [-0.3, -0.25) is 4.79 Å². The van der Waals surface area contributed by atoms with Crippen molar-refractivity contribution in [1.29, 1.82) is 0 Å². The molecule has 4 atom stereocenters. The van der Waals surface area contributed by atoms with Gasteiger partial charge in [-0.25, -0.2) is 0 Å². The number of phenols is 1. The Morgan fingerprint density at radius 1 is 0.854 bits per heavy atom. The Morgan fingerprint density at radius 3 is 2.12 bits per heavy atom. The lowest BCUT2D eigenvalue weighted by molar-refractivity contribution is -0.141. The molecule has 1 saturated heterocycles. The fourth-order valence-corrected chi connectivity index (χ4v) is 6.78. The third kappa shape index (κ3) is 6.06. The average Bonchev–Trinajstić information content (AvgIpc) is 3.58. The summed E-state index contributed by atoms with van der Waals surface area (Å²) < 4.78 is 28.3. The predicted molar refractivity (Wildman–Crippen MR) is 155 cm³/mol. The van der Waals surface area contributed by atoms with E-state index >= 15 is 0 Å². The number of nitrogens with zero attached hydrogens (tertiary/aromatic N) is 2. The number of esters is 1. The van der Waals surface area contributed by atoms with Crippen LogP contribution in [-0.4, -0.2) is 89.3 Å². The molecule has 9 nitrogen and oxygen atoms in total. The van der Waals surface area contributed by atoms with Gasteiger partial charge in [-0.1, -0.05) is 12.8 Å². The summed E-state index contributed by atoms with van der Waals surface area (Å²) in [5, 5.41) is 10.6. The Hall–Kier alpha value is -3.17. The first-order valence-corrected chi connectivity index (χ1v) is 14.7. The van der Waals surface area contributed by atoms with Crippen LogP contribution >= 0.6 is 0 Å². The lowest BCUT2D eigenvalue weighted by Gasteiger charge is -2.40. The number of fused-ring (bicyclic) bond motifs is 3. The SMILES string of the molecule is COc1cc([C@@H]2c3cc4c(cc3[C@@H](CCN(C)CCCCCCN(C)C)[C@H]3COC(=O)[C@H]23)OCO4)cc(OC)c1O. The molecule has 0 amide bonds. The van der Waals surface area contributed by atoms with Gasteiger partial charge in [0.05, 0.1) is 26.7 Å². The third-order valence-electron chi connectivity index (χ3n) is 8.92. The minimum Gasteiger partial charge on any atom is -0.502 e. The molecule has 1 aliphatic carbocycles. The van der Waals surface area contributed by atoms with Gasteiger partial charge < -0.3 is 38.6 Å². The van der Waals surface area contributed by atoms with Gasteiger partial charge in [0.2, 0.25) is 12.5 Å². The number of unbranched alkanes of at least 4 members (excludes halogenated alkanes) is 3. The Morgan fingerprint density at radius 2 is 1.49 bits per heavy atom. The van der Waals surface area contributed by atoms with Crippen molar-refractivity contribution < 1.29 is 33.6 Å². The van der Waals surface area contributed by atoms with Gasteiger partial charge in [0.25, 0.3) is 0 Å². The van der Waals surface area contributed by atoms with E-state index in [1.165, 1.54) is 45.5 Å². The van der Waals surface area contributed by atoms with Crippen LogP contribution in [0.2, 0.25) is 0 Å². The van der Waals surface area contributed by atoms with Gasteiger partial charge >= 0.3 is 5.97 Å². The summed E-state index contributed by atoms with van der Waals surface area (Å²) in [7, 11) is 9.45. The Labute approximate surface area is 243 Å². The molecular weight excluding hydrogens is 524 g/mol. The second-order valence-electron chi connectivity index (χ2n) is 11.8. The van der Waals surface area contributed by atoms with Crippen LogP contribution in [0.25, 0.3) is 0 Å². The minimum atomic E-state index is -0.367. The molecule has 2 aromatic rings. The van der Waals surface area contributed by atoms with Gasteiger partial charge in [-0.2, -0.15) is 0 Å². The van der Waals surface area contributed by atoms with Gasteiger partial charge in [0.1, 0.15) is 0 Å². The number of hydrogen-bond donors (Lipinski definition) is 1. The number of carbonyl (C=O) groups is 1. The summed E-state index contributed by atoms with van der Waals surface area (Å²) in [6, 6.07) is 7.73. The Bertz CT molecular complexity index is 1210. The summed E-state index contributed by atoms with van der Waals surface area (Å²) in [4.78, 5) is 18.0. The maximum atomic E-state index is 13.4. The summed E-state index contributed by atoms with van der Waals surface area (Å²) in [6.07, 6.45) is 5.83. The largest absolute Gasteiger partial charge is 0.502 e. The molecule has 1 fully saturated rings. The standard InChI is InChI=1S/C32H44N2O7/c1-33(2)11-8-6-7-9-12-34(3)13-10-21-22-16-25-26(41-19-40-25)17-23(22)29(30-24(21)18-39-32(30)36)20-14-27(37-4)31(35)28(15-20)38-5/h14-17,21,24,29-30,35H,6-13,18-19H2,1-5H3/t21-,24-,29-,30+/m1/s1. The van der Waals surface area contributed by atoms with Crippen molar-refractivity contribution in [3.63, 3.8) is 0 Å². The number of benzene rings is 2. The van der Waals surface area contributed by atoms with E-state index < -0.39 is 0 Å². The smallest absolute Gasteiger partial charge is 0.310 e.